The third-order valence-corrected chi connectivity index (χ3v) is 5.85. The second-order valence-electron chi connectivity index (χ2n) is 6.28. The molecule has 0 radical (unpaired) electrons. The number of aromatic hydroxyl groups is 1. The van der Waals surface area contributed by atoms with E-state index in [4.69, 9.17) is 16.2 Å². The predicted octanol–water partition coefficient (Wildman–Crippen LogP) is 5.92. The summed E-state index contributed by atoms with van der Waals surface area (Å²) in [5, 5.41) is 46.4. The SMILES string of the molecule is CC(=O)Nc1ccc(N=Nc2c(N)c(SOOO)cc3cc(SO)cc(O)c23)c(SOOO)c1. The molecule has 3 aromatic carbocycles. The summed E-state index contributed by atoms with van der Waals surface area (Å²) in [5.74, 6) is -0.527. The molecule has 0 aliphatic heterocycles. The van der Waals surface area contributed by atoms with Gasteiger partial charge in [-0.05, 0) is 41.8 Å². The Labute approximate surface area is 204 Å². The van der Waals surface area contributed by atoms with E-state index >= 15 is 0 Å². The van der Waals surface area contributed by atoms with E-state index in [0.29, 0.717) is 57.0 Å². The van der Waals surface area contributed by atoms with E-state index in [1.807, 2.05) is 0 Å². The van der Waals surface area contributed by atoms with Crippen LogP contribution in [0.25, 0.3) is 10.8 Å². The van der Waals surface area contributed by atoms with Crippen LogP contribution in [0.2, 0.25) is 0 Å². The average Bonchev–Trinajstić information content (AvgIpc) is 2.81. The number of azo groups is 1. The normalized spacial score (nSPS) is 11.4. The molecule has 0 saturated carbocycles. The molecular weight excluding hydrogens is 512 g/mol. The molecule has 13 nitrogen and oxygen atoms in total. The highest BCUT2D eigenvalue weighted by Gasteiger charge is 2.17. The molecule has 0 bridgehead atoms. The second kappa shape index (κ2) is 12.2. The van der Waals surface area contributed by atoms with E-state index < -0.39 is 0 Å². The number of hydrogen-bond acceptors (Lipinski definition) is 15. The molecule has 0 unspecified atom stereocenters. The number of phenolic OH excluding ortho intramolecular Hbond substituents is 1. The fraction of sp³-hybridized carbons (Fsp3) is 0.0556. The zero-order valence-corrected chi connectivity index (χ0v) is 19.4. The third kappa shape index (κ3) is 6.27. The number of nitrogens with one attached hydrogen (secondary N) is 1. The van der Waals surface area contributed by atoms with Crippen molar-refractivity contribution >= 4 is 75.6 Å². The van der Waals surface area contributed by atoms with Gasteiger partial charge >= 0.3 is 0 Å². The average molecular weight is 529 g/mol. The maximum Gasteiger partial charge on any atom is 0.221 e. The summed E-state index contributed by atoms with van der Waals surface area (Å²) < 4.78 is 18.3. The van der Waals surface area contributed by atoms with Gasteiger partial charge in [0.2, 0.25) is 5.91 Å². The summed E-state index contributed by atoms with van der Waals surface area (Å²) in [4.78, 5) is 12.3. The van der Waals surface area contributed by atoms with Gasteiger partial charge in [-0.2, -0.15) is 0 Å². The van der Waals surface area contributed by atoms with Crippen molar-refractivity contribution in [3.8, 4) is 5.75 Å². The van der Waals surface area contributed by atoms with E-state index in [9.17, 15) is 14.5 Å². The molecule has 0 aliphatic carbocycles. The van der Waals surface area contributed by atoms with Crippen LogP contribution in [0.3, 0.4) is 0 Å². The molecule has 0 aromatic heterocycles. The lowest BCUT2D eigenvalue weighted by Gasteiger charge is -2.12. The number of rotatable bonds is 10. The lowest BCUT2D eigenvalue weighted by Crippen LogP contribution is -2.05. The van der Waals surface area contributed by atoms with Gasteiger partial charge in [0, 0.05) is 29.5 Å². The van der Waals surface area contributed by atoms with Crippen LogP contribution in [0.5, 0.6) is 5.75 Å². The Hall–Kier alpha value is -2.64. The number of amides is 1. The van der Waals surface area contributed by atoms with Crippen LogP contribution < -0.4 is 11.1 Å². The van der Waals surface area contributed by atoms with Crippen LogP contribution >= 0.6 is 36.1 Å². The number of fused-ring (bicyclic) bond motifs is 1. The minimum Gasteiger partial charge on any atom is -0.507 e. The van der Waals surface area contributed by atoms with Crippen molar-refractivity contribution in [3.05, 3.63) is 36.4 Å². The highest BCUT2D eigenvalue weighted by atomic mass is 32.2. The van der Waals surface area contributed by atoms with Crippen LogP contribution in [-0.4, -0.2) is 26.1 Å². The van der Waals surface area contributed by atoms with Gasteiger partial charge in [-0.1, -0.05) is 10.1 Å². The highest BCUT2D eigenvalue weighted by Crippen LogP contribution is 2.46. The van der Waals surface area contributed by atoms with E-state index in [2.05, 4.69) is 34.3 Å². The van der Waals surface area contributed by atoms with Crippen LogP contribution in [0, 0.1) is 0 Å². The van der Waals surface area contributed by atoms with Gasteiger partial charge in [0.1, 0.15) is 17.1 Å². The fourth-order valence-corrected chi connectivity index (χ4v) is 4.12. The van der Waals surface area contributed by atoms with Gasteiger partial charge in [-0.3, -0.25) is 4.79 Å². The summed E-state index contributed by atoms with van der Waals surface area (Å²) in [6.07, 6.45) is 0. The van der Waals surface area contributed by atoms with E-state index in [0.717, 1.165) is 0 Å². The molecule has 0 heterocycles. The molecule has 0 fully saturated rings. The van der Waals surface area contributed by atoms with Crippen LogP contribution in [-0.2, 0) is 23.5 Å². The Bertz CT molecular complexity index is 1230. The van der Waals surface area contributed by atoms with Crippen molar-refractivity contribution in [2.45, 2.75) is 21.6 Å². The Morgan fingerprint density at radius 1 is 1.03 bits per heavy atom. The van der Waals surface area contributed by atoms with Crippen LogP contribution in [0.1, 0.15) is 6.92 Å². The van der Waals surface area contributed by atoms with Gasteiger partial charge in [-0.25, -0.2) is 10.5 Å². The third-order valence-electron chi connectivity index (χ3n) is 4.12. The van der Waals surface area contributed by atoms with Gasteiger partial charge in [0.25, 0.3) is 0 Å². The standard InChI is InChI=1S/C18H16N4O9S3/c1-8(23)20-10-2-3-12(14(6-10)33-30-28-25)21-22-18-16-9(4-11(32-27)7-13(16)24)5-15(17(18)19)34-31-29-26/h2-7,24-27H,19H2,1H3,(H,20,23). The molecule has 3 rings (SSSR count). The number of anilines is 2. The molecule has 0 atom stereocenters. The molecule has 7 N–H and O–H groups in total. The van der Waals surface area contributed by atoms with Crippen molar-refractivity contribution in [2.24, 2.45) is 10.2 Å². The topological polar surface area (TPSA) is 198 Å². The van der Waals surface area contributed by atoms with Gasteiger partial charge < -0.3 is 20.7 Å². The molecule has 1 amide bonds. The Morgan fingerprint density at radius 3 is 2.38 bits per heavy atom. The minimum atomic E-state index is -0.303. The van der Waals surface area contributed by atoms with Crippen molar-refractivity contribution in [1.29, 1.82) is 0 Å². The Balaban J connectivity index is 2.13. The number of benzene rings is 3. The molecule has 0 aliphatic rings. The van der Waals surface area contributed by atoms with Crippen molar-refractivity contribution in [2.75, 3.05) is 11.1 Å². The summed E-state index contributed by atoms with van der Waals surface area (Å²) in [5.41, 5.74) is 6.95. The first-order chi connectivity index (χ1) is 16.4. The lowest BCUT2D eigenvalue weighted by molar-refractivity contribution is -0.432. The summed E-state index contributed by atoms with van der Waals surface area (Å²) in [7, 11) is 0. The minimum absolute atomic E-state index is 0.0389. The number of carbonyl (C=O) groups excluding carboxylic acids is 1. The van der Waals surface area contributed by atoms with E-state index in [-0.39, 0.29) is 39.0 Å². The van der Waals surface area contributed by atoms with Crippen LogP contribution in [0.4, 0.5) is 22.7 Å². The summed E-state index contributed by atoms with van der Waals surface area (Å²) >= 11 is 1.61. The molecule has 180 valence electrons. The Morgan fingerprint density at radius 2 is 1.74 bits per heavy atom. The predicted molar refractivity (Wildman–Crippen MR) is 125 cm³/mol. The first kappa shape index (κ1) is 26.0. The zero-order chi connectivity index (χ0) is 24.7. The monoisotopic (exact) mass is 528 g/mol. The largest absolute Gasteiger partial charge is 0.507 e. The molecular formula is C18H16N4O9S3. The first-order valence-electron chi connectivity index (χ1n) is 8.91. The quantitative estimate of drug-likeness (QED) is 0.0596. The van der Waals surface area contributed by atoms with E-state index in [1.54, 1.807) is 12.1 Å². The van der Waals surface area contributed by atoms with Crippen molar-refractivity contribution < 1.29 is 43.7 Å². The number of phenols is 1. The molecule has 16 heteroatoms. The maximum absolute atomic E-state index is 11.3. The van der Waals surface area contributed by atoms with Gasteiger partial charge in [-0.15, -0.1) is 18.9 Å². The second-order valence-corrected chi connectivity index (χ2v) is 8.42. The van der Waals surface area contributed by atoms with Crippen LogP contribution in [0.15, 0.2) is 61.3 Å². The lowest BCUT2D eigenvalue weighted by atomic mass is 10.1. The van der Waals surface area contributed by atoms with Gasteiger partial charge in [0.15, 0.2) is 0 Å². The van der Waals surface area contributed by atoms with E-state index in [1.165, 1.54) is 31.2 Å². The smallest absolute Gasteiger partial charge is 0.221 e. The number of nitrogens with zero attached hydrogens (tertiary/aromatic N) is 2. The number of carbonyl (C=O) groups is 1. The molecule has 3 aromatic rings. The fourth-order valence-electron chi connectivity index (χ4n) is 2.84. The maximum atomic E-state index is 11.3. The van der Waals surface area contributed by atoms with Crippen molar-refractivity contribution in [3.63, 3.8) is 0 Å². The van der Waals surface area contributed by atoms with Crippen molar-refractivity contribution in [1.82, 2.24) is 0 Å². The highest BCUT2D eigenvalue weighted by molar-refractivity contribution is 7.95. The number of nitrogens with two attached hydrogens (primary N) is 1. The summed E-state index contributed by atoms with van der Waals surface area (Å²) in [6.45, 7) is 1.34. The molecule has 0 spiro atoms. The Kier molecular flexibility index (Phi) is 9.30. The molecule has 34 heavy (non-hydrogen) atoms. The number of nitrogen functional groups attached to an aromatic ring is 1. The number of hydrogen-bond donors (Lipinski definition) is 6. The van der Waals surface area contributed by atoms with Gasteiger partial charge in [0.05, 0.1) is 45.0 Å². The molecule has 0 saturated heterocycles. The zero-order valence-electron chi connectivity index (χ0n) is 17.0. The first-order valence-corrected chi connectivity index (χ1v) is 11.2. The summed E-state index contributed by atoms with van der Waals surface area (Å²) in [6, 6.07) is 8.99.